The van der Waals surface area contributed by atoms with Crippen molar-refractivity contribution in [3.8, 4) is 0 Å². The molecule has 88 valence electrons. The van der Waals surface area contributed by atoms with Crippen LogP contribution in [0.5, 0.6) is 0 Å². The molecule has 0 saturated carbocycles. The zero-order valence-electron chi connectivity index (χ0n) is 8.28. The van der Waals surface area contributed by atoms with E-state index in [0.29, 0.717) is 20.7 Å². The number of nitrogens with zero attached hydrogens (tertiary/aromatic N) is 2. The van der Waals surface area contributed by atoms with Crippen molar-refractivity contribution in [2.75, 3.05) is 5.32 Å². The SMILES string of the molecule is NC(=O)c1nnsc1Nc1ccc(Cl)c(Cl)c1. The number of benzene rings is 1. The van der Waals surface area contributed by atoms with Crippen molar-refractivity contribution in [1.82, 2.24) is 9.59 Å². The summed E-state index contributed by atoms with van der Waals surface area (Å²) in [7, 11) is 0. The Morgan fingerprint density at radius 1 is 1.35 bits per heavy atom. The van der Waals surface area contributed by atoms with Crippen molar-refractivity contribution in [1.29, 1.82) is 0 Å². The Morgan fingerprint density at radius 2 is 2.12 bits per heavy atom. The van der Waals surface area contributed by atoms with Crippen LogP contribution in [0.25, 0.3) is 0 Å². The molecule has 0 fully saturated rings. The van der Waals surface area contributed by atoms with Gasteiger partial charge in [0.05, 0.1) is 10.0 Å². The Hall–Kier alpha value is -1.37. The molecule has 1 heterocycles. The van der Waals surface area contributed by atoms with Crippen LogP contribution >= 0.6 is 34.7 Å². The molecule has 3 N–H and O–H groups in total. The largest absolute Gasteiger partial charge is 0.364 e. The predicted octanol–water partition coefficient (Wildman–Crippen LogP) is 2.69. The number of nitrogens with one attached hydrogen (secondary N) is 1. The topological polar surface area (TPSA) is 80.9 Å². The van der Waals surface area contributed by atoms with E-state index in [1.807, 2.05) is 0 Å². The molecule has 0 aliphatic rings. The third kappa shape index (κ3) is 2.66. The van der Waals surface area contributed by atoms with Crippen LogP contribution in [0.4, 0.5) is 10.7 Å². The highest BCUT2D eigenvalue weighted by Gasteiger charge is 2.13. The molecule has 8 heteroatoms. The highest BCUT2D eigenvalue weighted by Crippen LogP contribution is 2.28. The molecular weight excluding hydrogens is 283 g/mol. The van der Waals surface area contributed by atoms with E-state index in [1.54, 1.807) is 18.2 Å². The zero-order valence-corrected chi connectivity index (χ0v) is 10.6. The summed E-state index contributed by atoms with van der Waals surface area (Å²) in [5.74, 6) is -0.638. The van der Waals surface area contributed by atoms with Gasteiger partial charge < -0.3 is 11.1 Å². The second-order valence-corrected chi connectivity index (χ2v) is 4.64. The standard InChI is InChI=1S/C9H6Cl2N4OS/c10-5-2-1-4(3-6(5)11)13-9-7(8(12)16)14-15-17-9/h1-3,13H,(H2,12,16). The van der Waals surface area contributed by atoms with E-state index >= 15 is 0 Å². The number of primary amides is 1. The molecule has 1 aromatic heterocycles. The Labute approximate surface area is 111 Å². The lowest BCUT2D eigenvalue weighted by Crippen LogP contribution is -2.13. The Bertz CT molecular complexity index is 572. The number of amides is 1. The number of halogens is 2. The average Bonchev–Trinajstić information content (AvgIpc) is 2.72. The van der Waals surface area contributed by atoms with Crippen LogP contribution in [-0.4, -0.2) is 15.5 Å². The van der Waals surface area contributed by atoms with Gasteiger partial charge >= 0.3 is 0 Å². The third-order valence-corrected chi connectivity index (χ3v) is 3.28. The van der Waals surface area contributed by atoms with Gasteiger partial charge in [-0.15, -0.1) is 5.10 Å². The number of anilines is 2. The Balaban J connectivity index is 2.28. The van der Waals surface area contributed by atoms with Crippen LogP contribution in [-0.2, 0) is 0 Å². The normalized spacial score (nSPS) is 10.2. The van der Waals surface area contributed by atoms with Crippen molar-refractivity contribution in [2.24, 2.45) is 5.73 Å². The number of carbonyl (C=O) groups excluding carboxylic acids is 1. The molecule has 0 spiro atoms. The molecular formula is C9H6Cl2N4OS. The van der Waals surface area contributed by atoms with Gasteiger partial charge in [0.1, 0.15) is 5.00 Å². The molecule has 0 unspecified atom stereocenters. The Morgan fingerprint density at radius 3 is 2.76 bits per heavy atom. The number of aromatic nitrogens is 2. The fourth-order valence-corrected chi connectivity index (χ4v) is 2.03. The summed E-state index contributed by atoms with van der Waals surface area (Å²) < 4.78 is 3.65. The quantitative estimate of drug-likeness (QED) is 0.910. The van der Waals surface area contributed by atoms with E-state index in [1.165, 1.54) is 0 Å². The smallest absolute Gasteiger partial charge is 0.272 e. The monoisotopic (exact) mass is 288 g/mol. The van der Waals surface area contributed by atoms with Crippen molar-refractivity contribution in [3.63, 3.8) is 0 Å². The first-order valence-electron chi connectivity index (χ1n) is 4.42. The molecule has 0 saturated heterocycles. The van der Waals surface area contributed by atoms with Gasteiger partial charge in [-0.3, -0.25) is 4.79 Å². The maximum absolute atomic E-state index is 11.0. The highest BCUT2D eigenvalue weighted by molar-refractivity contribution is 7.10. The van der Waals surface area contributed by atoms with Crippen LogP contribution in [0, 0.1) is 0 Å². The van der Waals surface area contributed by atoms with E-state index < -0.39 is 5.91 Å². The van der Waals surface area contributed by atoms with Gasteiger partial charge in [-0.25, -0.2) is 0 Å². The Kier molecular flexibility index (Phi) is 3.46. The van der Waals surface area contributed by atoms with Gasteiger partial charge in [0.15, 0.2) is 5.69 Å². The summed E-state index contributed by atoms with van der Waals surface area (Å²) in [5.41, 5.74) is 5.92. The summed E-state index contributed by atoms with van der Waals surface area (Å²) in [6, 6.07) is 5.00. The first-order chi connectivity index (χ1) is 8.08. The van der Waals surface area contributed by atoms with Gasteiger partial charge in [-0.1, -0.05) is 27.7 Å². The molecule has 0 aliphatic heterocycles. The lowest BCUT2D eigenvalue weighted by Gasteiger charge is -2.05. The van der Waals surface area contributed by atoms with E-state index in [4.69, 9.17) is 28.9 Å². The minimum Gasteiger partial charge on any atom is -0.364 e. The van der Waals surface area contributed by atoms with E-state index in [-0.39, 0.29) is 5.69 Å². The molecule has 2 rings (SSSR count). The second kappa shape index (κ2) is 4.87. The molecule has 5 nitrogen and oxygen atoms in total. The summed E-state index contributed by atoms with van der Waals surface area (Å²) in [6.07, 6.45) is 0. The van der Waals surface area contributed by atoms with Gasteiger partial charge in [-0.05, 0) is 18.2 Å². The molecule has 0 radical (unpaired) electrons. The maximum Gasteiger partial charge on any atom is 0.272 e. The predicted molar refractivity (Wildman–Crippen MR) is 68.2 cm³/mol. The van der Waals surface area contributed by atoms with Gasteiger partial charge in [0, 0.05) is 17.2 Å². The summed E-state index contributed by atoms with van der Waals surface area (Å²) in [5, 5.41) is 7.91. The zero-order chi connectivity index (χ0) is 12.4. The molecule has 1 aromatic carbocycles. The molecule has 0 aliphatic carbocycles. The van der Waals surface area contributed by atoms with Crippen LogP contribution in [0.2, 0.25) is 10.0 Å². The van der Waals surface area contributed by atoms with Crippen molar-refractivity contribution in [3.05, 3.63) is 33.9 Å². The van der Waals surface area contributed by atoms with Crippen LogP contribution < -0.4 is 11.1 Å². The lowest BCUT2D eigenvalue weighted by atomic mass is 10.3. The van der Waals surface area contributed by atoms with Crippen molar-refractivity contribution in [2.45, 2.75) is 0 Å². The minimum atomic E-state index is -0.638. The fraction of sp³-hybridized carbons (Fsp3) is 0. The fourth-order valence-electron chi connectivity index (χ4n) is 1.14. The minimum absolute atomic E-state index is 0.0982. The lowest BCUT2D eigenvalue weighted by molar-refractivity contribution is 0.0996. The number of hydrogen-bond acceptors (Lipinski definition) is 5. The first kappa shape index (κ1) is 12.1. The summed E-state index contributed by atoms with van der Waals surface area (Å²) >= 11 is 12.7. The van der Waals surface area contributed by atoms with Crippen LogP contribution in [0.3, 0.4) is 0 Å². The molecule has 2 aromatic rings. The number of rotatable bonds is 3. The van der Waals surface area contributed by atoms with Crippen LogP contribution in [0.15, 0.2) is 18.2 Å². The van der Waals surface area contributed by atoms with Crippen LogP contribution in [0.1, 0.15) is 10.5 Å². The van der Waals surface area contributed by atoms with Gasteiger partial charge in [0.2, 0.25) is 0 Å². The van der Waals surface area contributed by atoms with Gasteiger partial charge in [-0.2, -0.15) is 0 Å². The summed E-state index contributed by atoms with van der Waals surface area (Å²) in [4.78, 5) is 11.0. The van der Waals surface area contributed by atoms with E-state index in [9.17, 15) is 4.79 Å². The number of carbonyl (C=O) groups is 1. The highest BCUT2D eigenvalue weighted by atomic mass is 35.5. The summed E-state index contributed by atoms with van der Waals surface area (Å²) in [6.45, 7) is 0. The van der Waals surface area contributed by atoms with Crippen molar-refractivity contribution < 1.29 is 4.79 Å². The molecule has 1 amide bonds. The van der Waals surface area contributed by atoms with Gasteiger partial charge in [0.25, 0.3) is 5.91 Å². The molecule has 17 heavy (non-hydrogen) atoms. The van der Waals surface area contributed by atoms with E-state index in [0.717, 1.165) is 11.5 Å². The maximum atomic E-state index is 11.0. The number of nitrogens with two attached hydrogens (primary N) is 1. The first-order valence-corrected chi connectivity index (χ1v) is 5.95. The molecule has 0 bridgehead atoms. The second-order valence-electron chi connectivity index (χ2n) is 3.07. The molecule has 0 atom stereocenters. The van der Waals surface area contributed by atoms with E-state index in [2.05, 4.69) is 14.9 Å². The third-order valence-electron chi connectivity index (χ3n) is 1.90. The van der Waals surface area contributed by atoms with Crippen molar-refractivity contribution >= 4 is 51.3 Å². The average molecular weight is 289 g/mol. The number of hydrogen-bond donors (Lipinski definition) is 2.